The first-order valence-corrected chi connectivity index (χ1v) is 10.8. The first-order chi connectivity index (χ1) is 16.1. The van der Waals surface area contributed by atoms with Gasteiger partial charge in [0.25, 0.3) is 0 Å². The smallest absolute Gasteiger partial charge is 0.341 e. The molecule has 4 rings (SSSR count). The zero-order valence-corrected chi connectivity index (χ0v) is 18.3. The van der Waals surface area contributed by atoms with Crippen molar-refractivity contribution >= 4 is 16.9 Å². The Bertz CT molecular complexity index is 1130. The topological polar surface area (TPSA) is 78.1 Å². The van der Waals surface area contributed by atoms with Gasteiger partial charge in [-0.25, -0.2) is 4.79 Å². The first-order valence-electron chi connectivity index (χ1n) is 10.8. The summed E-state index contributed by atoms with van der Waals surface area (Å²) in [6.45, 7) is 2.29. The van der Waals surface area contributed by atoms with Crippen LogP contribution < -0.4 is 4.74 Å². The fourth-order valence-electron chi connectivity index (χ4n) is 3.60. The molecule has 0 aliphatic rings. The molecule has 0 amide bonds. The second-order valence-electron chi connectivity index (χ2n) is 7.73. The maximum Gasteiger partial charge on any atom is 0.341 e. The van der Waals surface area contributed by atoms with Crippen LogP contribution in [0.1, 0.15) is 29.7 Å². The molecule has 1 heterocycles. The van der Waals surface area contributed by atoms with Crippen LogP contribution in [0.4, 0.5) is 0 Å². The monoisotopic (exact) mass is 446 g/mol. The number of hydrogen-bond donors (Lipinski definition) is 1. The Labute approximate surface area is 192 Å². The van der Waals surface area contributed by atoms with Crippen molar-refractivity contribution in [3.8, 4) is 5.75 Å². The van der Waals surface area contributed by atoms with Crippen molar-refractivity contribution in [3.63, 3.8) is 0 Å². The van der Waals surface area contributed by atoms with E-state index in [9.17, 15) is 4.79 Å². The van der Waals surface area contributed by atoms with Crippen molar-refractivity contribution in [3.05, 3.63) is 102 Å². The van der Waals surface area contributed by atoms with Crippen LogP contribution >= 0.6 is 0 Å². The Morgan fingerprint density at radius 1 is 0.909 bits per heavy atom. The van der Waals surface area contributed by atoms with Gasteiger partial charge in [-0.3, -0.25) is 0 Å². The van der Waals surface area contributed by atoms with Crippen LogP contribution in [0.2, 0.25) is 0 Å². The van der Waals surface area contributed by atoms with Gasteiger partial charge in [0.2, 0.25) is 0 Å². The number of para-hydroxylation sites is 1. The maximum absolute atomic E-state index is 10.8. The van der Waals surface area contributed by atoms with Gasteiger partial charge in [0.1, 0.15) is 6.10 Å². The van der Waals surface area contributed by atoms with Crippen molar-refractivity contribution in [2.45, 2.75) is 25.7 Å². The van der Waals surface area contributed by atoms with E-state index in [1.54, 1.807) is 18.4 Å². The molecule has 0 unspecified atom stereocenters. The normalized spacial score (nSPS) is 12.2. The highest BCUT2D eigenvalue weighted by Gasteiger charge is 2.17. The largest absolute Gasteiger partial charge is 0.479 e. The van der Waals surface area contributed by atoms with Gasteiger partial charge in [0, 0.05) is 10.9 Å². The summed E-state index contributed by atoms with van der Waals surface area (Å²) in [6, 6.07) is 25.6. The van der Waals surface area contributed by atoms with Crippen molar-refractivity contribution in [2.24, 2.45) is 0 Å². The first kappa shape index (κ1) is 22.6. The number of benzene rings is 3. The molecule has 0 radical (unpaired) electrons. The minimum Gasteiger partial charge on any atom is -0.479 e. The summed E-state index contributed by atoms with van der Waals surface area (Å²) in [4.78, 5) is 10.8. The average Bonchev–Trinajstić information content (AvgIpc) is 3.26. The number of carbonyl (C=O) groups is 1. The molecule has 33 heavy (non-hydrogen) atoms. The molecule has 0 fully saturated rings. The predicted octanol–water partition coefficient (Wildman–Crippen LogP) is 5.61. The second-order valence-corrected chi connectivity index (χ2v) is 7.73. The number of furan rings is 1. The molecular formula is C27H26O6. The van der Waals surface area contributed by atoms with E-state index in [0.29, 0.717) is 24.5 Å². The summed E-state index contributed by atoms with van der Waals surface area (Å²) in [6.07, 6.45) is 1.28. The Hall–Kier alpha value is -3.61. The van der Waals surface area contributed by atoms with Crippen molar-refractivity contribution < 1.29 is 28.5 Å². The molecule has 0 aliphatic carbocycles. The summed E-state index contributed by atoms with van der Waals surface area (Å²) in [7, 11) is 0. The van der Waals surface area contributed by atoms with E-state index in [4.69, 9.17) is 23.7 Å². The van der Waals surface area contributed by atoms with Crippen molar-refractivity contribution in [1.29, 1.82) is 0 Å². The molecule has 6 heteroatoms. The molecule has 6 nitrogen and oxygen atoms in total. The Morgan fingerprint density at radius 2 is 1.58 bits per heavy atom. The fraction of sp³-hybridized carbons (Fsp3) is 0.222. The van der Waals surface area contributed by atoms with Gasteiger partial charge in [-0.15, -0.1) is 0 Å². The second kappa shape index (κ2) is 10.8. The molecule has 0 spiro atoms. The molecule has 1 atom stereocenters. The third-order valence-corrected chi connectivity index (χ3v) is 5.22. The molecular weight excluding hydrogens is 420 g/mol. The molecule has 1 N–H and O–H groups in total. The highest BCUT2D eigenvalue weighted by Crippen LogP contribution is 2.31. The van der Waals surface area contributed by atoms with Crippen molar-refractivity contribution in [1.82, 2.24) is 0 Å². The molecule has 0 saturated heterocycles. The molecule has 3 aromatic carbocycles. The van der Waals surface area contributed by atoms with Crippen LogP contribution in [0.25, 0.3) is 11.0 Å². The van der Waals surface area contributed by atoms with Crippen LogP contribution in [0.3, 0.4) is 0 Å². The zero-order valence-electron chi connectivity index (χ0n) is 18.3. The quantitative estimate of drug-likeness (QED) is 0.323. The van der Waals surface area contributed by atoms with Gasteiger partial charge in [0.15, 0.2) is 17.9 Å². The van der Waals surface area contributed by atoms with E-state index in [0.717, 1.165) is 22.1 Å². The number of fused-ring (bicyclic) bond motifs is 1. The Kier molecular flexibility index (Phi) is 7.40. The van der Waals surface area contributed by atoms with Crippen LogP contribution in [-0.4, -0.2) is 30.4 Å². The van der Waals surface area contributed by atoms with E-state index >= 15 is 0 Å². The van der Waals surface area contributed by atoms with Crippen LogP contribution in [0.15, 0.2) is 89.5 Å². The summed E-state index contributed by atoms with van der Waals surface area (Å²) in [5.41, 5.74) is 3.55. The summed E-state index contributed by atoms with van der Waals surface area (Å²) < 4.78 is 23.3. The Morgan fingerprint density at radius 3 is 2.21 bits per heavy atom. The zero-order chi connectivity index (χ0) is 23.0. The Balaban J connectivity index is 1.39. The van der Waals surface area contributed by atoms with Crippen LogP contribution in [0.5, 0.6) is 5.75 Å². The van der Waals surface area contributed by atoms with E-state index in [1.807, 2.05) is 49.4 Å². The number of hydrogen-bond acceptors (Lipinski definition) is 5. The number of ether oxygens (including phenoxy) is 3. The standard InChI is InChI=1S/C27H26O6/c1-19(15-32-26(20-9-4-2-5-10-20)21-11-6-3-7-12-21)30-16-22-17-33-27-23(22)13-8-14-24(27)31-18-25(28)29/h2-14,17,19,26H,15-16,18H2,1H3,(H,28,29)/t19-/m0/s1. The minimum atomic E-state index is -1.04. The lowest BCUT2D eigenvalue weighted by atomic mass is 10.0. The van der Waals surface area contributed by atoms with Crippen molar-refractivity contribution in [2.75, 3.05) is 13.2 Å². The molecule has 0 bridgehead atoms. The van der Waals surface area contributed by atoms with Crippen LogP contribution in [-0.2, 0) is 20.9 Å². The van der Waals surface area contributed by atoms with E-state index < -0.39 is 12.6 Å². The maximum atomic E-state index is 10.8. The molecule has 0 saturated carbocycles. The van der Waals surface area contributed by atoms with E-state index in [1.165, 1.54) is 0 Å². The summed E-state index contributed by atoms with van der Waals surface area (Å²) in [5, 5.41) is 9.68. The van der Waals surface area contributed by atoms with Gasteiger partial charge < -0.3 is 23.7 Å². The number of carboxylic acid groups (broad SMARTS) is 1. The van der Waals surface area contributed by atoms with Gasteiger partial charge in [-0.1, -0.05) is 72.8 Å². The molecule has 170 valence electrons. The average molecular weight is 446 g/mol. The lowest BCUT2D eigenvalue weighted by molar-refractivity contribution is -0.139. The third kappa shape index (κ3) is 5.80. The minimum absolute atomic E-state index is 0.156. The van der Waals surface area contributed by atoms with Gasteiger partial charge in [-0.05, 0) is 24.1 Å². The predicted molar refractivity (Wildman–Crippen MR) is 124 cm³/mol. The highest BCUT2D eigenvalue weighted by atomic mass is 16.5. The number of rotatable bonds is 11. The summed E-state index contributed by atoms with van der Waals surface area (Å²) >= 11 is 0. The summed E-state index contributed by atoms with van der Waals surface area (Å²) in [5.74, 6) is -0.647. The SMILES string of the molecule is C[C@@H](COC(c1ccccc1)c1ccccc1)OCc1coc2c(OCC(=O)O)cccc12. The van der Waals surface area contributed by atoms with Gasteiger partial charge >= 0.3 is 5.97 Å². The third-order valence-electron chi connectivity index (χ3n) is 5.22. The highest BCUT2D eigenvalue weighted by molar-refractivity contribution is 5.86. The molecule has 1 aromatic heterocycles. The van der Waals surface area contributed by atoms with Gasteiger partial charge in [0.05, 0.1) is 25.6 Å². The lowest BCUT2D eigenvalue weighted by Crippen LogP contribution is -2.19. The van der Waals surface area contributed by atoms with E-state index in [-0.39, 0.29) is 12.2 Å². The van der Waals surface area contributed by atoms with Gasteiger partial charge in [-0.2, -0.15) is 0 Å². The fourth-order valence-corrected chi connectivity index (χ4v) is 3.60. The molecule has 0 aliphatic heterocycles. The lowest BCUT2D eigenvalue weighted by Gasteiger charge is -2.21. The molecule has 4 aromatic rings. The number of aliphatic carboxylic acids is 1. The number of carboxylic acids is 1. The van der Waals surface area contributed by atoms with Crippen LogP contribution in [0, 0.1) is 0 Å². The van der Waals surface area contributed by atoms with E-state index in [2.05, 4.69) is 24.3 Å².